The second-order valence-electron chi connectivity index (χ2n) is 13.1. The highest BCUT2D eigenvalue weighted by molar-refractivity contribution is 5.81. The molecule has 41 heavy (non-hydrogen) atoms. The molecule has 9 heteroatoms. The van der Waals surface area contributed by atoms with Crippen LogP contribution in [0.15, 0.2) is 42.5 Å². The van der Waals surface area contributed by atoms with Crippen molar-refractivity contribution in [2.24, 2.45) is 17.3 Å². The Balaban J connectivity index is 1.33. The van der Waals surface area contributed by atoms with Gasteiger partial charge < -0.3 is 10.0 Å². The van der Waals surface area contributed by atoms with Crippen molar-refractivity contribution in [2.45, 2.75) is 88.0 Å². The van der Waals surface area contributed by atoms with Crippen molar-refractivity contribution in [1.29, 1.82) is 0 Å². The fraction of sp³-hybridized carbons (Fsp3) is 0.562. The third kappa shape index (κ3) is 4.54. The number of rotatable bonds is 5. The number of piperidine rings is 1. The van der Waals surface area contributed by atoms with Crippen LogP contribution < -0.4 is 0 Å². The topological polar surface area (TPSA) is 57.6 Å². The number of hydrogen-bond acceptors (Lipinski definition) is 2. The molecule has 0 aromatic heterocycles. The van der Waals surface area contributed by atoms with Crippen LogP contribution in [0.1, 0.15) is 74.1 Å². The van der Waals surface area contributed by atoms with E-state index in [-0.39, 0.29) is 35.0 Å². The molecule has 0 bridgehead atoms. The van der Waals surface area contributed by atoms with Crippen LogP contribution in [-0.2, 0) is 33.5 Å². The van der Waals surface area contributed by atoms with Gasteiger partial charge in [0.25, 0.3) is 0 Å². The number of likely N-dealkylation sites (tertiary alicyclic amines) is 1. The molecule has 1 N–H and O–H groups in total. The summed E-state index contributed by atoms with van der Waals surface area (Å²) in [5, 5.41) is 9.27. The van der Waals surface area contributed by atoms with E-state index in [9.17, 15) is 36.6 Å². The van der Waals surface area contributed by atoms with Crippen LogP contribution in [0.4, 0.5) is 22.0 Å². The molecule has 4 nitrogen and oxygen atoms in total. The van der Waals surface area contributed by atoms with Gasteiger partial charge in [-0.15, -0.1) is 0 Å². The average molecular weight is 576 g/mol. The summed E-state index contributed by atoms with van der Waals surface area (Å²) < 4.78 is 69.8. The Morgan fingerprint density at radius 3 is 2.39 bits per heavy atom. The summed E-state index contributed by atoms with van der Waals surface area (Å²) in [7, 11) is 0. The maximum atomic E-state index is 14.9. The number of amides is 1. The summed E-state index contributed by atoms with van der Waals surface area (Å²) in [6.45, 7) is 1.11. The van der Waals surface area contributed by atoms with Crippen LogP contribution in [0.5, 0.6) is 0 Å². The number of carboxylic acids is 1. The van der Waals surface area contributed by atoms with E-state index in [0.29, 0.717) is 76.8 Å². The van der Waals surface area contributed by atoms with Gasteiger partial charge in [0.1, 0.15) is 5.82 Å². The van der Waals surface area contributed by atoms with E-state index < -0.39 is 28.8 Å². The van der Waals surface area contributed by atoms with Crippen LogP contribution in [0, 0.1) is 23.1 Å². The summed E-state index contributed by atoms with van der Waals surface area (Å²) in [5.41, 5.74) is -2.43. The number of aryl methyl sites for hydroxylation is 1. The highest BCUT2D eigenvalue weighted by atomic mass is 19.4. The van der Waals surface area contributed by atoms with Gasteiger partial charge in [-0.05, 0) is 105 Å². The van der Waals surface area contributed by atoms with E-state index >= 15 is 0 Å². The molecular weight excluding hydrogens is 541 g/mol. The van der Waals surface area contributed by atoms with Gasteiger partial charge in [-0.25, -0.2) is 8.78 Å². The second-order valence-corrected chi connectivity index (χ2v) is 13.1. The van der Waals surface area contributed by atoms with Crippen LogP contribution >= 0.6 is 0 Å². The van der Waals surface area contributed by atoms with Gasteiger partial charge in [0, 0.05) is 23.9 Å². The predicted molar refractivity (Wildman–Crippen MR) is 141 cm³/mol. The Bertz CT molecular complexity index is 1370. The van der Waals surface area contributed by atoms with Crippen molar-refractivity contribution in [2.75, 3.05) is 6.54 Å². The van der Waals surface area contributed by atoms with Gasteiger partial charge in [0.05, 0.1) is 5.92 Å². The minimum atomic E-state index is -5.06. The van der Waals surface area contributed by atoms with Crippen molar-refractivity contribution in [1.82, 2.24) is 4.90 Å². The first-order valence-electron chi connectivity index (χ1n) is 14.4. The van der Waals surface area contributed by atoms with Gasteiger partial charge in [-0.2, -0.15) is 13.2 Å². The van der Waals surface area contributed by atoms with Crippen LogP contribution in [0.3, 0.4) is 0 Å². The summed E-state index contributed by atoms with van der Waals surface area (Å²) in [6, 6.07) is 10.2. The molecule has 220 valence electrons. The Hall–Kier alpha value is -2.97. The molecule has 3 unspecified atom stereocenters. The first-order valence-corrected chi connectivity index (χ1v) is 14.4. The van der Waals surface area contributed by atoms with Crippen LogP contribution in [-0.4, -0.2) is 40.6 Å². The molecule has 6 rings (SSSR count). The van der Waals surface area contributed by atoms with E-state index in [4.69, 9.17) is 0 Å². The quantitative estimate of drug-likeness (QED) is 0.396. The van der Waals surface area contributed by atoms with Crippen molar-refractivity contribution in [3.8, 4) is 0 Å². The second kappa shape index (κ2) is 9.53. The normalized spacial score (nSPS) is 32.2. The maximum Gasteiger partial charge on any atom is 0.426 e. The van der Waals surface area contributed by atoms with Crippen molar-refractivity contribution >= 4 is 11.9 Å². The molecule has 1 saturated heterocycles. The highest BCUT2D eigenvalue weighted by Gasteiger charge is 2.59. The minimum absolute atomic E-state index is 0.0507. The predicted octanol–water partition coefficient (Wildman–Crippen LogP) is 6.88. The molecule has 2 aromatic carbocycles. The van der Waals surface area contributed by atoms with Crippen molar-refractivity contribution < 1.29 is 36.6 Å². The number of halogens is 5. The zero-order chi connectivity index (χ0) is 29.4. The number of nitrogens with zero attached hydrogens (tertiary/aromatic N) is 1. The minimum Gasteiger partial charge on any atom is -0.481 e. The summed E-state index contributed by atoms with van der Waals surface area (Å²) in [5.74, 6) is -1.61. The molecule has 3 aliphatic carbocycles. The number of carbonyl (C=O) groups excluding carboxylic acids is 1. The zero-order valence-corrected chi connectivity index (χ0v) is 22.9. The van der Waals surface area contributed by atoms with E-state index in [1.165, 1.54) is 24.3 Å². The lowest BCUT2D eigenvalue weighted by atomic mass is 9.48. The highest BCUT2D eigenvalue weighted by Crippen LogP contribution is 2.62. The first-order chi connectivity index (χ1) is 19.2. The molecule has 1 heterocycles. The standard InChI is InChI=1S/C32H34F5NO3/c1-29(34,32(35,36)37)23-7-8-25-20(13-23)6-9-26-31(25,14-19-4-2-5-24(33)12-19)10-3-11-38(26)27(39)21-15-30(16-21)17-22(18-30)28(40)41/h2,4-5,7-8,12-13,21-22,26H,3,6,9-11,14-18H2,1H3,(H,40,41). The molecule has 4 aliphatic rings. The molecule has 1 aliphatic heterocycles. The smallest absolute Gasteiger partial charge is 0.426 e. The van der Waals surface area contributed by atoms with Crippen LogP contribution in [0.25, 0.3) is 0 Å². The van der Waals surface area contributed by atoms with Gasteiger partial charge in [-0.3, -0.25) is 9.59 Å². The fourth-order valence-corrected chi connectivity index (χ4v) is 8.43. The Morgan fingerprint density at radius 1 is 1.02 bits per heavy atom. The van der Waals surface area contributed by atoms with E-state index in [1.54, 1.807) is 12.1 Å². The lowest BCUT2D eigenvalue weighted by Gasteiger charge is -2.59. The number of alkyl halides is 4. The Kier molecular flexibility index (Phi) is 6.54. The van der Waals surface area contributed by atoms with E-state index in [2.05, 4.69) is 0 Å². The van der Waals surface area contributed by atoms with Gasteiger partial charge >= 0.3 is 12.1 Å². The molecule has 3 atom stereocenters. The third-order valence-electron chi connectivity index (χ3n) is 10.5. The molecule has 3 fully saturated rings. The number of benzene rings is 2. The first kappa shape index (κ1) is 28.2. The van der Waals surface area contributed by atoms with Gasteiger partial charge in [0.15, 0.2) is 0 Å². The average Bonchev–Trinajstić information content (AvgIpc) is 2.85. The molecule has 0 radical (unpaired) electrons. The largest absolute Gasteiger partial charge is 0.481 e. The number of aliphatic carboxylic acids is 1. The Labute approximate surface area is 235 Å². The lowest BCUT2D eigenvalue weighted by Crippen LogP contribution is -2.62. The number of hydrogen-bond donors (Lipinski definition) is 1. The summed E-state index contributed by atoms with van der Waals surface area (Å²) in [6.07, 6.45) is 0.220. The third-order valence-corrected chi connectivity index (χ3v) is 10.5. The van der Waals surface area contributed by atoms with Gasteiger partial charge in [-0.1, -0.05) is 30.3 Å². The maximum absolute atomic E-state index is 14.9. The van der Waals surface area contributed by atoms with E-state index in [0.717, 1.165) is 11.1 Å². The van der Waals surface area contributed by atoms with Crippen molar-refractivity contribution in [3.63, 3.8) is 0 Å². The van der Waals surface area contributed by atoms with E-state index in [1.807, 2.05) is 11.0 Å². The van der Waals surface area contributed by atoms with Crippen molar-refractivity contribution in [3.05, 3.63) is 70.5 Å². The summed E-state index contributed by atoms with van der Waals surface area (Å²) >= 11 is 0. The lowest BCUT2D eigenvalue weighted by molar-refractivity contribution is -0.228. The molecule has 2 aromatic rings. The SMILES string of the molecule is CC(F)(c1ccc2c(c1)CCC1N(C(=O)C3CC4(CC(C(=O)O)C4)C3)CCCC21Cc1cccc(F)c1)C(F)(F)F. The van der Waals surface area contributed by atoms with Crippen LogP contribution in [0.2, 0.25) is 0 Å². The molecule has 1 amide bonds. The zero-order valence-electron chi connectivity index (χ0n) is 22.9. The summed E-state index contributed by atoms with van der Waals surface area (Å²) in [4.78, 5) is 27.1. The molecule has 1 spiro atoms. The molecule has 2 saturated carbocycles. The number of fused-ring (bicyclic) bond motifs is 3. The molecular formula is C32H34F5NO3. The number of carboxylic acid groups (broad SMARTS) is 1. The fourth-order valence-electron chi connectivity index (χ4n) is 8.43. The number of carbonyl (C=O) groups is 2. The Morgan fingerprint density at radius 2 is 1.73 bits per heavy atom. The van der Waals surface area contributed by atoms with Gasteiger partial charge in [0.2, 0.25) is 11.6 Å². The monoisotopic (exact) mass is 575 g/mol.